The van der Waals surface area contributed by atoms with E-state index in [4.69, 9.17) is 4.74 Å². The molecule has 33 heavy (non-hydrogen) atoms. The van der Waals surface area contributed by atoms with Gasteiger partial charge in [0.25, 0.3) is 0 Å². The Morgan fingerprint density at radius 3 is 2.03 bits per heavy atom. The Hall–Kier alpha value is -3.14. The van der Waals surface area contributed by atoms with Gasteiger partial charge in [0.15, 0.2) is 0 Å². The third kappa shape index (κ3) is 4.95. The van der Waals surface area contributed by atoms with E-state index in [2.05, 4.69) is 56.0 Å². The van der Waals surface area contributed by atoms with Crippen LogP contribution in [0.25, 0.3) is 10.8 Å². The average molecular weight is 440 g/mol. The largest absolute Gasteiger partial charge is 0.492 e. The second-order valence-corrected chi connectivity index (χ2v) is 8.54. The van der Waals surface area contributed by atoms with E-state index in [0.29, 0.717) is 6.61 Å². The van der Waals surface area contributed by atoms with Crippen LogP contribution < -0.4 is 4.74 Å². The zero-order valence-electron chi connectivity index (χ0n) is 19.8. The third-order valence-electron chi connectivity index (χ3n) is 6.45. The first-order valence-electron chi connectivity index (χ1n) is 11.8. The molecule has 0 aliphatic heterocycles. The van der Waals surface area contributed by atoms with Crippen LogP contribution in [0.3, 0.4) is 0 Å². The van der Waals surface area contributed by atoms with Gasteiger partial charge in [0.2, 0.25) is 0 Å². The Labute approximate surface area is 197 Å². The SMILES string of the molecule is CCN(CC)CCOc1ccc(C(O)(c2ccccc2)c2ccc3cc(C)ccc3c2)cc1. The molecule has 1 N–H and O–H groups in total. The zero-order chi connectivity index (χ0) is 23.3. The van der Waals surface area contributed by atoms with Crippen molar-refractivity contribution in [3.63, 3.8) is 0 Å². The van der Waals surface area contributed by atoms with Crippen LogP contribution in [0.4, 0.5) is 0 Å². The average Bonchev–Trinajstić information content (AvgIpc) is 2.86. The number of ether oxygens (including phenoxy) is 1. The molecule has 3 nitrogen and oxygen atoms in total. The molecule has 0 radical (unpaired) electrons. The minimum atomic E-state index is -1.26. The fourth-order valence-electron chi connectivity index (χ4n) is 4.39. The molecule has 0 fully saturated rings. The lowest BCUT2D eigenvalue weighted by molar-refractivity contribution is 0.126. The molecule has 3 heteroatoms. The van der Waals surface area contributed by atoms with Crippen LogP contribution in [0.2, 0.25) is 0 Å². The summed E-state index contributed by atoms with van der Waals surface area (Å²) >= 11 is 0. The van der Waals surface area contributed by atoms with Gasteiger partial charge in [-0.15, -0.1) is 0 Å². The van der Waals surface area contributed by atoms with Gasteiger partial charge in [0.1, 0.15) is 18.0 Å². The number of rotatable bonds is 9. The molecule has 1 atom stereocenters. The number of benzene rings is 4. The summed E-state index contributed by atoms with van der Waals surface area (Å²) in [4.78, 5) is 2.34. The van der Waals surface area contributed by atoms with Gasteiger partial charge in [-0.05, 0) is 65.7 Å². The van der Waals surface area contributed by atoms with Crippen molar-refractivity contribution in [1.82, 2.24) is 4.90 Å². The molecule has 0 amide bonds. The second-order valence-electron chi connectivity index (χ2n) is 8.54. The Kier molecular flexibility index (Phi) is 7.12. The summed E-state index contributed by atoms with van der Waals surface area (Å²) in [7, 11) is 0. The molecule has 0 saturated heterocycles. The number of hydrogen-bond donors (Lipinski definition) is 1. The van der Waals surface area contributed by atoms with Crippen LogP contribution in [-0.2, 0) is 5.60 Å². The van der Waals surface area contributed by atoms with Crippen LogP contribution in [0.15, 0.2) is 91.0 Å². The van der Waals surface area contributed by atoms with Gasteiger partial charge >= 0.3 is 0 Å². The summed E-state index contributed by atoms with van der Waals surface area (Å²) in [6.07, 6.45) is 0. The zero-order valence-corrected chi connectivity index (χ0v) is 19.8. The Morgan fingerprint density at radius 1 is 0.727 bits per heavy atom. The molecule has 0 spiro atoms. The van der Waals surface area contributed by atoms with E-state index >= 15 is 0 Å². The molecule has 0 aromatic heterocycles. The van der Waals surface area contributed by atoms with Crippen molar-refractivity contribution in [2.75, 3.05) is 26.2 Å². The lowest BCUT2D eigenvalue weighted by atomic mass is 9.80. The fourth-order valence-corrected chi connectivity index (χ4v) is 4.39. The van der Waals surface area contributed by atoms with Crippen molar-refractivity contribution >= 4 is 10.8 Å². The Morgan fingerprint density at radius 2 is 1.33 bits per heavy atom. The van der Waals surface area contributed by atoms with Crippen molar-refractivity contribution in [3.8, 4) is 5.75 Å². The van der Waals surface area contributed by atoms with Gasteiger partial charge < -0.3 is 14.7 Å². The van der Waals surface area contributed by atoms with Crippen LogP contribution in [0.5, 0.6) is 5.75 Å². The van der Waals surface area contributed by atoms with Crippen LogP contribution >= 0.6 is 0 Å². The van der Waals surface area contributed by atoms with Crippen molar-refractivity contribution in [1.29, 1.82) is 0 Å². The second kappa shape index (κ2) is 10.2. The summed E-state index contributed by atoms with van der Waals surface area (Å²) < 4.78 is 5.96. The first-order valence-corrected chi connectivity index (χ1v) is 11.8. The van der Waals surface area contributed by atoms with Crippen molar-refractivity contribution in [2.24, 2.45) is 0 Å². The van der Waals surface area contributed by atoms with E-state index in [1.807, 2.05) is 60.7 Å². The molecule has 0 aliphatic carbocycles. The topological polar surface area (TPSA) is 32.7 Å². The van der Waals surface area contributed by atoms with E-state index in [1.165, 1.54) is 10.9 Å². The first-order chi connectivity index (χ1) is 16.0. The van der Waals surface area contributed by atoms with Crippen LogP contribution in [0, 0.1) is 6.92 Å². The van der Waals surface area contributed by atoms with Crippen molar-refractivity contribution < 1.29 is 9.84 Å². The van der Waals surface area contributed by atoms with Gasteiger partial charge in [-0.3, -0.25) is 0 Å². The van der Waals surface area contributed by atoms with Gasteiger partial charge in [-0.1, -0.05) is 92.2 Å². The Bertz CT molecular complexity index is 1180. The molecular formula is C30H33NO2. The monoisotopic (exact) mass is 439 g/mol. The van der Waals surface area contributed by atoms with Gasteiger partial charge in [-0.2, -0.15) is 0 Å². The van der Waals surface area contributed by atoms with Crippen LogP contribution in [0.1, 0.15) is 36.1 Å². The molecule has 0 heterocycles. The summed E-state index contributed by atoms with van der Waals surface area (Å²) in [6, 6.07) is 30.3. The maximum Gasteiger partial charge on any atom is 0.140 e. The quantitative estimate of drug-likeness (QED) is 0.317. The van der Waals surface area contributed by atoms with E-state index in [-0.39, 0.29) is 0 Å². The van der Waals surface area contributed by atoms with Gasteiger partial charge in [-0.25, -0.2) is 0 Å². The van der Waals surface area contributed by atoms with E-state index < -0.39 is 5.60 Å². The first kappa shape index (κ1) is 23.0. The number of likely N-dealkylation sites (N-methyl/N-ethyl adjacent to an activating group) is 1. The fraction of sp³-hybridized carbons (Fsp3) is 0.267. The van der Waals surface area contributed by atoms with E-state index in [9.17, 15) is 5.11 Å². The summed E-state index contributed by atoms with van der Waals surface area (Å²) in [5.41, 5.74) is 2.47. The minimum Gasteiger partial charge on any atom is -0.492 e. The van der Waals surface area contributed by atoms with Gasteiger partial charge in [0, 0.05) is 6.54 Å². The molecule has 0 aliphatic rings. The Balaban J connectivity index is 1.67. The third-order valence-corrected chi connectivity index (χ3v) is 6.45. The molecule has 4 aromatic carbocycles. The number of fused-ring (bicyclic) bond motifs is 1. The number of aliphatic hydroxyl groups is 1. The predicted molar refractivity (Wildman–Crippen MR) is 137 cm³/mol. The summed E-state index contributed by atoms with van der Waals surface area (Å²) in [5, 5.41) is 14.5. The highest BCUT2D eigenvalue weighted by molar-refractivity contribution is 5.84. The smallest absolute Gasteiger partial charge is 0.140 e. The molecule has 4 aromatic rings. The van der Waals surface area contributed by atoms with E-state index in [1.54, 1.807) is 0 Å². The molecule has 0 bridgehead atoms. The maximum atomic E-state index is 12.2. The molecule has 4 rings (SSSR count). The lowest BCUT2D eigenvalue weighted by Gasteiger charge is -2.30. The molecule has 0 saturated carbocycles. The highest BCUT2D eigenvalue weighted by atomic mass is 16.5. The number of hydrogen-bond acceptors (Lipinski definition) is 3. The van der Waals surface area contributed by atoms with E-state index in [0.717, 1.165) is 47.5 Å². The summed E-state index contributed by atoms with van der Waals surface area (Å²) in [6.45, 7) is 10.0. The van der Waals surface area contributed by atoms with Gasteiger partial charge in [0.05, 0.1) is 0 Å². The molecule has 170 valence electrons. The molecular weight excluding hydrogens is 406 g/mol. The summed E-state index contributed by atoms with van der Waals surface area (Å²) in [5.74, 6) is 0.815. The van der Waals surface area contributed by atoms with Crippen molar-refractivity contribution in [3.05, 3.63) is 113 Å². The predicted octanol–water partition coefficient (Wildman–Crippen LogP) is 6.15. The normalized spacial score (nSPS) is 13.2. The standard InChI is InChI=1S/C30H33NO2/c1-4-31(5-2)19-20-33-29-17-15-27(16-18-29)30(32,26-9-7-6-8-10-26)28-14-13-24-21-23(3)11-12-25(24)22-28/h6-18,21-22,32H,4-5,19-20H2,1-3H3. The molecule has 1 unspecified atom stereocenters. The van der Waals surface area contributed by atoms with Crippen molar-refractivity contribution in [2.45, 2.75) is 26.4 Å². The highest BCUT2D eigenvalue weighted by Gasteiger charge is 2.34. The maximum absolute atomic E-state index is 12.2. The lowest BCUT2D eigenvalue weighted by Crippen LogP contribution is -2.29. The number of nitrogens with zero attached hydrogens (tertiary/aromatic N) is 1. The highest BCUT2D eigenvalue weighted by Crippen LogP contribution is 2.38. The van der Waals surface area contributed by atoms with Crippen LogP contribution in [-0.4, -0.2) is 36.2 Å². The minimum absolute atomic E-state index is 0.647. The number of aryl methyl sites for hydroxylation is 1.